The van der Waals surface area contributed by atoms with Gasteiger partial charge in [0.05, 0.1) is 24.1 Å². The summed E-state index contributed by atoms with van der Waals surface area (Å²) in [6.07, 6.45) is 5.16. The van der Waals surface area contributed by atoms with E-state index < -0.39 is 23.9 Å². The second-order valence-electron chi connectivity index (χ2n) is 9.50. The average molecular weight is 481 g/mol. The molecule has 1 aliphatic carbocycles. The standard InChI is InChI=1S/C27H33FN4O3/c1-5-6-20(26(29)34)21(13-16(2)3)27(35)31-24-15-32(4)23-12-11-19(33)14-22(23)25(30-24)17-7-9-18(28)10-8-17/h5,7-12,16,20-21,24H,1,6,13-15H2,2-4H3,(H2,29,34)(H,31,35)/t20-,21+,24?/m0/s1. The van der Waals surface area contributed by atoms with Crippen molar-refractivity contribution in [3.05, 3.63) is 71.7 Å². The van der Waals surface area contributed by atoms with E-state index in [4.69, 9.17) is 10.7 Å². The highest BCUT2D eigenvalue weighted by Crippen LogP contribution is 2.28. The number of nitrogens with two attached hydrogens (primary N) is 1. The molecule has 0 bridgehead atoms. The van der Waals surface area contributed by atoms with Crippen LogP contribution in [0.3, 0.4) is 0 Å². The normalized spacial score (nSPS) is 19.6. The molecular weight excluding hydrogens is 447 g/mol. The van der Waals surface area contributed by atoms with Crippen molar-refractivity contribution in [3.63, 3.8) is 0 Å². The minimum Gasteiger partial charge on any atom is -0.370 e. The van der Waals surface area contributed by atoms with Crippen LogP contribution in [0.25, 0.3) is 0 Å². The van der Waals surface area contributed by atoms with Crippen molar-refractivity contribution < 1.29 is 18.8 Å². The van der Waals surface area contributed by atoms with Crippen molar-refractivity contribution in [1.82, 2.24) is 10.2 Å². The van der Waals surface area contributed by atoms with Gasteiger partial charge >= 0.3 is 0 Å². The number of primary amides is 1. The van der Waals surface area contributed by atoms with E-state index >= 15 is 0 Å². The van der Waals surface area contributed by atoms with E-state index in [1.54, 1.807) is 24.3 Å². The SMILES string of the molecule is C=CC[C@H](C(N)=O)[C@@H](CC(C)C)C(=O)NC1CN(C)C2=C(CC(=O)C=C2)C(c2ccc(F)cc2)=N1. The highest BCUT2D eigenvalue weighted by atomic mass is 19.1. The second-order valence-corrected chi connectivity index (χ2v) is 9.50. The van der Waals surface area contributed by atoms with Crippen LogP contribution in [-0.4, -0.2) is 48.0 Å². The molecule has 3 rings (SSSR count). The van der Waals surface area contributed by atoms with Gasteiger partial charge in [-0.2, -0.15) is 0 Å². The van der Waals surface area contributed by atoms with Crippen LogP contribution in [0.15, 0.2) is 65.3 Å². The Morgan fingerprint density at radius 2 is 1.94 bits per heavy atom. The summed E-state index contributed by atoms with van der Waals surface area (Å²) >= 11 is 0. The van der Waals surface area contributed by atoms with Gasteiger partial charge in [-0.05, 0) is 55.2 Å². The molecule has 3 atom stereocenters. The molecule has 0 spiro atoms. The zero-order valence-corrected chi connectivity index (χ0v) is 20.5. The molecule has 0 fully saturated rings. The lowest BCUT2D eigenvalue weighted by atomic mass is 9.82. The van der Waals surface area contributed by atoms with Gasteiger partial charge in [0, 0.05) is 30.3 Å². The smallest absolute Gasteiger partial charge is 0.225 e. The van der Waals surface area contributed by atoms with Crippen LogP contribution in [0.1, 0.15) is 38.7 Å². The molecule has 8 heteroatoms. The summed E-state index contributed by atoms with van der Waals surface area (Å²) in [4.78, 5) is 44.7. The lowest BCUT2D eigenvalue weighted by molar-refractivity contribution is -0.134. The fourth-order valence-electron chi connectivity index (χ4n) is 4.62. The zero-order valence-electron chi connectivity index (χ0n) is 20.5. The lowest BCUT2D eigenvalue weighted by Crippen LogP contribution is -2.47. The summed E-state index contributed by atoms with van der Waals surface area (Å²) < 4.78 is 13.6. The third kappa shape index (κ3) is 6.32. The van der Waals surface area contributed by atoms with E-state index in [1.165, 1.54) is 18.2 Å². The minimum atomic E-state index is -0.675. The van der Waals surface area contributed by atoms with Crippen LogP contribution in [0.4, 0.5) is 4.39 Å². The maximum absolute atomic E-state index is 13.6. The van der Waals surface area contributed by atoms with Crippen LogP contribution in [-0.2, 0) is 14.4 Å². The summed E-state index contributed by atoms with van der Waals surface area (Å²) in [6.45, 7) is 8.02. The highest BCUT2D eigenvalue weighted by Gasteiger charge is 2.34. The average Bonchev–Trinajstić information content (AvgIpc) is 2.92. The molecule has 3 N–H and O–H groups in total. The number of allylic oxidation sites excluding steroid dienone is 4. The van der Waals surface area contributed by atoms with E-state index in [9.17, 15) is 18.8 Å². The van der Waals surface area contributed by atoms with Crippen molar-refractivity contribution in [1.29, 1.82) is 0 Å². The number of likely N-dealkylation sites (N-methyl/N-ethyl adjacent to an activating group) is 1. The van der Waals surface area contributed by atoms with Gasteiger partial charge in [-0.1, -0.05) is 19.9 Å². The molecule has 1 unspecified atom stereocenters. The molecule has 186 valence electrons. The van der Waals surface area contributed by atoms with E-state index in [0.717, 1.165) is 11.3 Å². The van der Waals surface area contributed by atoms with E-state index in [0.29, 0.717) is 30.7 Å². The maximum Gasteiger partial charge on any atom is 0.225 e. The molecule has 7 nitrogen and oxygen atoms in total. The number of benzene rings is 1. The molecule has 35 heavy (non-hydrogen) atoms. The molecule has 0 aromatic heterocycles. The van der Waals surface area contributed by atoms with Crippen molar-refractivity contribution in [2.45, 2.75) is 39.3 Å². The number of hydrogen-bond acceptors (Lipinski definition) is 5. The number of ketones is 1. The quantitative estimate of drug-likeness (QED) is 0.530. The number of rotatable bonds is 9. The summed E-state index contributed by atoms with van der Waals surface area (Å²) in [5.74, 6) is -2.43. The number of nitrogens with zero attached hydrogens (tertiary/aromatic N) is 2. The maximum atomic E-state index is 13.6. The zero-order chi connectivity index (χ0) is 25.7. The largest absolute Gasteiger partial charge is 0.370 e. The number of amides is 2. The minimum absolute atomic E-state index is 0.0554. The Kier molecular flexibility index (Phi) is 8.38. The van der Waals surface area contributed by atoms with E-state index in [2.05, 4.69) is 11.9 Å². The van der Waals surface area contributed by atoms with Gasteiger partial charge in [-0.3, -0.25) is 19.4 Å². The van der Waals surface area contributed by atoms with Crippen molar-refractivity contribution >= 4 is 23.3 Å². The number of hydrogen-bond donors (Lipinski definition) is 2. The molecular formula is C27H33FN4O3. The summed E-state index contributed by atoms with van der Waals surface area (Å²) in [6, 6.07) is 5.90. The molecule has 0 radical (unpaired) electrons. The fourth-order valence-corrected chi connectivity index (χ4v) is 4.62. The number of nitrogens with one attached hydrogen (secondary N) is 1. The first-order valence-electron chi connectivity index (χ1n) is 11.8. The Hall–Kier alpha value is -3.55. The third-order valence-corrected chi connectivity index (χ3v) is 6.28. The van der Waals surface area contributed by atoms with E-state index in [-0.39, 0.29) is 29.8 Å². The van der Waals surface area contributed by atoms with Crippen molar-refractivity contribution in [2.75, 3.05) is 13.6 Å². The van der Waals surface area contributed by atoms with Gasteiger partial charge in [0.2, 0.25) is 11.8 Å². The molecule has 0 saturated carbocycles. The first kappa shape index (κ1) is 26.1. The Balaban J connectivity index is 1.99. The fraction of sp³-hybridized carbons (Fsp3) is 0.407. The third-order valence-electron chi connectivity index (χ3n) is 6.28. The first-order valence-corrected chi connectivity index (χ1v) is 11.8. The molecule has 1 aromatic carbocycles. The van der Waals surface area contributed by atoms with Crippen molar-refractivity contribution in [3.8, 4) is 0 Å². The predicted molar refractivity (Wildman–Crippen MR) is 134 cm³/mol. The second kappa shape index (κ2) is 11.3. The number of carbonyl (C=O) groups excluding carboxylic acids is 3. The topological polar surface area (TPSA) is 105 Å². The van der Waals surface area contributed by atoms with Crippen LogP contribution in [0.5, 0.6) is 0 Å². The summed E-state index contributed by atoms with van der Waals surface area (Å²) in [5, 5.41) is 3.00. The Morgan fingerprint density at radius 3 is 2.54 bits per heavy atom. The predicted octanol–water partition coefficient (Wildman–Crippen LogP) is 3.13. The molecule has 0 saturated heterocycles. The van der Waals surface area contributed by atoms with E-state index in [1.807, 2.05) is 25.8 Å². The molecule has 1 aromatic rings. The lowest BCUT2D eigenvalue weighted by Gasteiger charge is -2.28. The van der Waals surface area contributed by atoms with Gasteiger partial charge in [-0.25, -0.2) is 4.39 Å². The molecule has 1 aliphatic heterocycles. The van der Waals surface area contributed by atoms with Gasteiger partial charge < -0.3 is 16.0 Å². The molecule has 1 heterocycles. The number of halogens is 1. The van der Waals surface area contributed by atoms with Gasteiger partial charge in [-0.15, -0.1) is 6.58 Å². The van der Waals surface area contributed by atoms with Crippen molar-refractivity contribution in [2.24, 2.45) is 28.5 Å². The molecule has 2 amide bonds. The van der Waals surface area contributed by atoms with Crippen LogP contribution < -0.4 is 11.1 Å². The van der Waals surface area contributed by atoms with Crippen LogP contribution in [0.2, 0.25) is 0 Å². The van der Waals surface area contributed by atoms with Crippen LogP contribution in [0, 0.1) is 23.6 Å². The summed E-state index contributed by atoms with van der Waals surface area (Å²) in [5.41, 5.74) is 8.37. The monoisotopic (exact) mass is 480 g/mol. The van der Waals surface area contributed by atoms with Gasteiger partial charge in [0.1, 0.15) is 12.0 Å². The Morgan fingerprint density at radius 1 is 1.26 bits per heavy atom. The van der Waals surface area contributed by atoms with Gasteiger partial charge in [0.25, 0.3) is 0 Å². The molecule has 2 aliphatic rings. The van der Waals surface area contributed by atoms with Crippen LogP contribution >= 0.6 is 0 Å². The number of carbonyl (C=O) groups is 3. The number of aliphatic imine (C=N–C) groups is 1. The summed E-state index contributed by atoms with van der Waals surface area (Å²) in [7, 11) is 1.87. The Bertz CT molecular complexity index is 1090. The highest BCUT2D eigenvalue weighted by molar-refractivity contribution is 6.17. The Labute approximate surface area is 205 Å². The van der Waals surface area contributed by atoms with Gasteiger partial charge in [0.15, 0.2) is 5.78 Å². The first-order chi connectivity index (χ1) is 16.6.